The first-order valence-corrected chi connectivity index (χ1v) is 12.1. The number of carbonyl (C=O) groups is 1. The maximum atomic E-state index is 13.3. The van der Waals surface area contributed by atoms with Crippen molar-refractivity contribution in [2.45, 2.75) is 19.0 Å². The van der Waals surface area contributed by atoms with Gasteiger partial charge in [0.2, 0.25) is 0 Å². The molecule has 2 heterocycles. The highest BCUT2D eigenvalue weighted by molar-refractivity contribution is 7.91. The molecule has 1 atom stereocenters. The Morgan fingerprint density at radius 2 is 1.91 bits per heavy atom. The van der Waals surface area contributed by atoms with Crippen LogP contribution < -0.4 is 0 Å². The van der Waals surface area contributed by atoms with Crippen LogP contribution in [0.4, 0.5) is 10.1 Å². The van der Waals surface area contributed by atoms with Gasteiger partial charge in [-0.1, -0.05) is 11.6 Å². The number of furan rings is 1. The van der Waals surface area contributed by atoms with Crippen molar-refractivity contribution in [1.82, 2.24) is 4.90 Å². The minimum Gasteiger partial charge on any atom is -0.459 e. The third-order valence-electron chi connectivity index (χ3n) is 5.42. The molecule has 0 radical (unpaired) electrons. The molecule has 2 aromatic carbocycles. The summed E-state index contributed by atoms with van der Waals surface area (Å²) in [4.78, 5) is 25.2. The molecule has 1 fully saturated rings. The Bertz CT molecular complexity index is 1320. The first kappa shape index (κ1) is 22.9. The number of halogens is 2. The fourth-order valence-corrected chi connectivity index (χ4v) is 5.66. The van der Waals surface area contributed by atoms with Crippen molar-refractivity contribution < 1.29 is 26.9 Å². The number of nitrogens with zero attached hydrogens (tertiary/aromatic N) is 2. The number of sulfone groups is 1. The minimum absolute atomic E-state index is 0.0145. The number of nitro benzene ring substituents is 1. The SMILES string of the molecule is O=C(c1ccc(Cl)c([N+](=O)[O-])c1)N(Cc1ccc(-c2ccc(F)cc2)o1)[C@H]1CCS(=O)(=O)C1. The number of benzene rings is 2. The number of hydrogen-bond acceptors (Lipinski definition) is 6. The highest BCUT2D eigenvalue weighted by atomic mass is 35.5. The van der Waals surface area contributed by atoms with E-state index in [0.29, 0.717) is 17.1 Å². The maximum absolute atomic E-state index is 13.3. The molecule has 0 aliphatic carbocycles. The monoisotopic (exact) mass is 492 g/mol. The molecule has 172 valence electrons. The lowest BCUT2D eigenvalue weighted by atomic mass is 10.1. The summed E-state index contributed by atoms with van der Waals surface area (Å²) < 4.78 is 43.1. The highest BCUT2D eigenvalue weighted by Gasteiger charge is 2.36. The zero-order valence-electron chi connectivity index (χ0n) is 17.1. The number of rotatable bonds is 6. The Kier molecular flexibility index (Phi) is 6.22. The van der Waals surface area contributed by atoms with E-state index in [1.54, 1.807) is 24.3 Å². The summed E-state index contributed by atoms with van der Waals surface area (Å²) in [6.07, 6.45) is 0.245. The van der Waals surface area contributed by atoms with Crippen LogP contribution in [0.2, 0.25) is 5.02 Å². The minimum atomic E-state index is -3.31. The molecule has 1 aliphatic rings. The molecule has 1 amide bonds. The molecule has 0 saturated carbocycles. The van der Waals surface area contributed by atoms with Gasteiger partial charge < -0.3 is 9.32 Å². The van der Waals surface area contributed by atoms with Gasteiger partial charge >= 0.3 is 0 Å². The first-order chi connectivity index (χ1) is 15.6. The Labute approximate surface area is 193 Å². The van der Waals surface area contributed by atoms with Crippen LogP contribution in [0, 0.1) is 15.9 Å². The second-order valence-corrected chi connectivity index (χ2v) is 10.3. The van der Waals surface area contributed by atoms with Crippen LogP contribution >= 0.6 is 11.6 Å². The topological polar surface area (TPSA) is 111 Å². The predicted molar refractivity (Wildman–Crippen MR) is 119 cm³/mol. The van der Waals surface area contributed by atoms with Gasteiger partial charge in [0.1, 0.15) is 22.4 Å². The number of nitro groups is 1. The van der Waals surface area contributed by atoms with E-state index < -0.39 is 32.4 Å². The van der Waals surface area contributed by atoms with Crippen molar-refractivity contribution in [2.75, 3.05) is 11.5 Å². The maximum Gasteiger partial charge on any atom is 0.288 e. The van der Waals surface area contributed by atoms with Crippen LogP contribution in [0.5, 0.6) is 0 Å². The Morgan fingerprint density at radius 1 is 1.18 bits per heavy atom. The van der Waals surface area contributed by atoms with Gasteiger partial charge in [-0.15, -0.1) is 0 Å². The molecule has 11 heteroatoms. The quantitative estimate of drug-likeness (QED) is 0.370. The molecule has 8 nitrogen and oxygen atoms in total. The predicted octanol–water partition coefficient (Wildman–Crippen LogP) is 4.48. The summed E-state index contributed by atoms with van der Waals surface area (Å²) >= 11 is 5.86. The number of hydrogen-bond donors (Lipinski definition) is 0. The molecule has 0 N–H and O–H groups in total. The lowest BCUT2D eigenvalue weighted by Crippen LogP contribution is -2.40. The van der Waals surface area contributed by atoms with Gasteiger partial charge in [-0.2, -0.15) is 0 Å². The van der Waals surface area contributed by atoms with Crippen LogP contribution in [0.3, 0.4) is 0 Å². The lowest BCUT2D eigenvalue weighted by molar-refractivity contribution is -0.384. The highest BCUT2D eigenvalue weighted by Crippen LogP contribution is 2.29. The van der Waals surface area contributed by atoms with Gasteiger partial charge in [-0.25, -0.2) is 12.8 Å². The van der Waals surface area contributed by atoms with Crippen LogP contribution in [0.25, 0.3) is 11.3 Å². The molecule has 1 saturated heterocycles. The smallest absolute Gasteiger partial charge is 0.288 e. The zero-order chi connectivity index (χ0) is 23.8. The Hall–Kier alpha value is -3.24. The van der Waals surface area contributed by atoms with Crippen molar-refractivity contribution >= 4 is 33.0 Å². The number of amides is 1. The van der Waals surface area contributed by atoms with E-state index in [-0.39, 0.29) is 40.9 Å². The largest absolute Gasteiger partial charge is 0.459 e. The summed E-state index contributed by atoms with van der Waals surface area (Å²) in [5, 5.41) is 11.1. The number of carbonyl (C=O) groups excluding carboxylic acids is 1. The standard InChI is InChI=1S/C22H18ClFN2O6S/c23-19-7-3-15(11-20(19)26(28)29)22(27)25(17-9-10-33(30,31)13-17)12-18-6-8-21(32-18)14-1-4-16(24)5-2-14/h1-8,11,17H,9-10,12-13H2/t17-/m0/s1. The summed E-state index contributed by atoms with van der Waals surface area (Å²) in [5.41, 5.74) is 0.233. The molecule has 0 unspecified atom stereocenters. The first-order valence-electron chi connectivity index (χ1n) is 9.93. The third kappa shape index (κ3) is 5.07. The van der Waals surface area contributed by atoms with E-state index >= 15 is 0 Å². The van der Waals surface area contributed by atoms with Gasteiger partial charge in [-0.3, -0.25) is 14.9 Å². The van der Waals surface area contributed by atoms with Gasteiger partial charge in [-0.05, 0) is 55.0 Å². The molecular weight excluding hydrogens is 475 g/mol. The van der Waals surface area contributed by atoms with E-state index in [9.17, 15) is 27.7 Å². The Morgan fingerprint density at radius 3 is 2.55 bits per heavy atom. The van der Waals surface area contributed by atoms with Crippen molar-refractivity contribution in [3.8, 4) is 11.3 Å². The molecule has 0 spiro atoms. The van der Waals surface area contributed by atoms with E-state index in [0.717, 1.165) is 6.07 Å². The molecule has 4 rings (SSSR count). The van der Waals surface area contributed by atoms with Gasteiger partial charge in [0, 0.05) is 23.2 Å². The van der Waals surface area contributed by atoms with Crippen molar-refractivity contribution in [3.63, 3.8) is 0 Å². The lowest BCUT2D eigenvalue weighted by Gasteiger charge is -2.27. The van der Waals surface area contributed by atoms with Crippen molar-refractivity contribution in [1.29, 1.82) is 0 Å². The third-order valence-corrected chi connectivity index (χ3v) is 7.49. The van der Waals surface area contributed by atoms with Gasteiger partial charge in [0.05, 0.1) is 23.0 Å². The van der Waals surface area contributed by atoms with Gasteiger partial charge in [0.25, 0.3) is 11.6 Å². The van der Waals surface area contributed by atoms with Crippen LogP contribution in [0.15, 0.2) is 59.0 Å². The fourth-order valence-electron chi connectivity index (χ4n) is 3.74. The fraction of sp³-hybridized carbons (Fsp3) is 0.227. The van der Waals surface area contributed by atoms with Gasteiger partial charge in [0.15, 0.2) is 9.84 Å². The average Bonchev–Trinajstić information content (AvgIpc) is 3.38. The average molecular weight is 493 g/mol. The van der Waals surface area contributed by atoms with Crippen LogP contribution in [0.1, 0.15) is 22.5 Å². The Balaban J connectivity index is 1.65. The zero-order valence-corrected chi connectivity index (χ0v) is 18.7. The molecular formula is C22H18ClFN2O6S. The molecule has 1 aromatic heterocycles. The second-order valence-electron chi connectivity index (χ2n) is 7.69. The van der Waals surface area contributed by atoms with E-state index in [4.69, 9.17) is 16.0 Å². The van der Waals surface area contributed by atoms with E-state index in [2.05, 4.69) is 0 Å². The van der Waals surface area contributed by atoms with Crippen LogP contribution in [-0.2, 0) is 16.4 Å². The molecule has 3 aromatic rings. The van der Waals surface area contributed by atoms with E-state index in [1.807, 2.05) is 0 Å². The summed E-state index contributed by atoms with van der Waals surface area (Å²) in [7, 11) is -3.31. The van der Waals surface area contributed by atoms with E-state index in [1.165, 1.54) is 29.2 Å². The summed E-state index contributed by atoms with van der Waals surface area (Å²) in [6.45, 7) is -0.0450. The van der Waals surface area contributed by atoms with Crippen molar-refractivity contribution in [2.24, 2.45) is 0 Å². The summed E-state index contributed by atoms with van der Waals surface area (Å²) in [6, 6.07) is 12.1. The van der Waals surface area contributed by atoms with Crippen molar-refractivity contribution in [3.05, 3.63) is 86.9 Å². The molecule has 33 heavy (non-hydrogen) atoms. The second kappa shape index (κ2) is 8.95. The normalized spacial score (nSPS) is 17.1. The summed E-state index contributed by atoms with van der Waals surface area (Å²) in [5.74, 6) is -0.381. The molecule has 1 aliphatic heterocycles. The molecule has 0 bridgehead atoms. The van der Waals surface area contributed by atoms with Crippen LogP contribution in [-0.4, -0.2) is 41.7 Å².